The van der Waals surface area contributed by atoms with Gasteiger partial charge in [0.25, 0.3) is 5.91 Å². The van der Waals surface area contributed by atoms with E-state index < -0.39 is 5.41 Å². The minimum Gasteiger partial charge on any atom is -0.497 e. The van der Waals surface area contributed by atoms with E-state index in [2.05, 4.69) is 0 Å². The first-order valence-corrected chi connectivity index (χ1v) is 8.91. The van der Waals surface area contributed by atoms with Crippen molar-refractivity contribution in [1.82, 2.24) is 4.90 Å². The van der Waals surface area contributed by atoms with E-state index in [0.29, 0.717) is 36.6 Å². The van der Waals surface area contributed by atoms with Crippen molar-refractivity contribution in [2.24, 2.45) is 0 Å². The van der Waals surface area contributed by atoms with Crippen LogP contribution in [0.1, 0.15) is 22.3 Å². The highest BCUT2D eigenvalue weighted by molar-refractivity contribution is 6.09. The summed E-state index contributed by atoms with van der Waals surface area (Å²) >= 11 is 0. The van der Waals surface area contributed by atoms with E-state index in [1.165, 1.54) is 7.11 Å². The summed E-state index contributed by atoms with van der Waals surface area (Å²) in [4.78, 5) is 29.6. The lowest BCUT2D eigenvalue weighted by atomic mass is 9.81. The van der Waals surface area contributed by atoms with E-state index >= 15 is 0 Å². The third kappa shape index (κ3) is 2.47. The number of likely N-dealkylation sites (tertiary alicyclic amines) is 1. The van der Waals surface area contributed by atoms with Crippen LogP contribution in [0.2, 0.25) is 0 Å². The molecule has 2 aliphatic rings. The van der Waals surface area contributed by atoms with Gasteiger partial charge in [0.05, 0.1) is 25.2 Å². The Bertz CT molecular complexity index is 926. The molecule has 0 radical (unpaired) electrons. The number of amides is 2. The Morgan fingerprint density at radius 3 is 2.63 bits per heavy atom. The number of carbonyl (C=O) groups is 2. The number of hydrogen-bond acceptors (Lipinski definition) is 4. The molecule has 2 heterocycles. The van der Waals surface area contributed by atoms with Crippen LogP contribution in [0.15, 0.2) is 42.5 Å². The number of carbonyl (C=O) groups excluding carboxylic acids is 2. The second-order valence-corrected chi connectivity index (χ2v) is 7.01. The van der Waals surface area contributed by atoms with E-state index in [0.717, 1.165) is 11.3 Å². The van der Waals surface area contributed by atoms with Gasteiger partial charge in [0.15, 0.2) is 0 Å². The highest BCUT2D eigenvalue weighted by atomic mass is 16.5. The number of benzene rings is 2. The molecule has 0 saturated carbocycles. The van der Waals surface area contributed by atoms with Crippen molar-refractivity contribution in [1.29, 1.82) is 0 Å². The molecule has 4 rings (SSSR count). The molecule has 0 N–H and O–H groups in total. The largest absolute Gasteiger partial charge is 0.497 e. The van der Waals surface area contributed by atoms with Crippen molar-refractivity contribution in [2.75, 3.05) is 39.3 Å². The summed E-state index contributed by atoms with van der Waals surface area (Å²) in [5.41, 5.74) is 1.76. The van der Waals surface area contributed by atoms with Crippen LogP contribution in [0, 0.1) is 0 Å². The van der Waals surface area contributed by atoms with Gasteiger partial charge in [-0.25, -0.2) is 0 Å². The summed E-state index contributed by atoms with van der Waals surface area (Å²) in [5, 5.41) is 0. The van der Waals surface area contributed by atoms with E-state index in [1.807, 2.05) is 24.3 Å². The predicted molar refractivity (Wildman–Crippen MR) is 102 cm³/mol. The Hall–Kier alpha value is -3.02. The maximum atomic E-state index is 13.1. The van der Waals surface area contributed by atoms with Gasteiger partial charge in [0, 0.05) is 31.9 Å². The lowest BCUT2D eigenvalue weighted by Gasteiger charge is -2.24. The first kappa shape index (κ1) is 17.4. The molecule has 0 aliphatic carbocycles. The number of ether oxygens (including phenoxy) is 2. The van der Waals surface area contributed by atoms with Crippen LogP contribution in [-0.2, 0) is 10.2 Å². The lowest BCUT2D eigenvalue weighted by Crippen LogP contribution is -2.42. The monoisotopic (exact) mass is 366 g/mol. The smallest absolute Gasteiger partial charge is 0.257 e. The molecule has 1 fully saturated rings. The third-order valence-corrected chi connectivity index (χ3v) is 5.69. The molecule has 2 aliphatic heterocycles. The van der Waals surface area contributed by atoms with Crippen molar-refractivity contribution in [3.8, 4) is 11.5 Å². The Morgan fingerprint density at radius 1 is 1.11 bits per heavy atom. The van der Waals surface area contributed by atoms with E-state index in [4.69, 9.17) is 9.47 Å². The fourth-order valence-corrected chi connectivity index (χ4v) is 4.24. The Labute approximate surface area is 158 Å². The minimum atomic E-state index is -0.652. The summed E-state index contributed by atoms with van der Waals surface area (Å²) in [5.74, 6) is 1.02. The quantitative estimate of drug-likeness (QED) is 0.837. The van der Waals surface area contributed by atoms with Crippen molar-refractivity contribution in [2.45, 2.75) is 11.8 Å². The number of fused-ring (bicyclic) bond motifs is 2. The second-order valence-electron chi connectivity index (χ2n) is 7.01. The van der Waals surface area contributed by atoms with Gasteiger partial charge in [-0.3, -0.25) is 9.59 Å². The number of para-hydroxylation sites is 1. The Morgan fingerprint density at radius 2 is 1.89 bits per heavy atom. The lowest BCUT2D eigenvalue weighted by molar-refractivity contribution is -0.122. The average Bonchev–Trinajstić information content (AvgIpc) is 3.25. The molecule has 0 aromatic heterocycles. The van der Waals surface area contributed by atoms with Crippen LogP contribution in [0.5, 0.6) is 11.5 Å². The van der Waals surface area contributed by atoms with Gasteiger partial charge < -0.3 is 19.3 Å². The van der Waals surface area contributed by atoms with Crippen molar-refractivity contribution in [3.63, 3.8) is 0 Å². The van der Waals surface area contributed by atoms with Crippen LogP contribution in [0.4, 0.5) is 5.69 Å². The third-order valence-electron chi connectivity index (χ3n) is 5.69. The highest BCUT2D eigenvalue weighted by Gasteiger charge is 2.54. The standard InChI is InChI=1S/C21H22N2O4/c1-22-17-7-5-4-6-16(17)21(20(22)25)10-11-23(13-21)19(24)15-9-8-14(26-2)12-18(15)27-3/h4-9,12H,10-11,13H2,1-3H3. The van der Waals surface area contributed by atoms with E-state index in [1.54, 1.807) is 42.2 Å². The minimum absolute atomic E-state index is 0.0562. The molecule has 0 bridgehead atoms. The van der Waals surface area contributed by atoms with Gasteiger partial charge >= 0.3 is 0 Å². The van der Waals surface area contributed by atoms with Gasteiger partial charge in [0.1, 0.15) is 11.5 Å². The summed E-state index contributed by atoms with van der Waals surface area (Å²) in [7, 11) is 4.90. The maximum absolute atomic E-state index is 13.1. The van der Waals surface area contributed by atoms with Gasteiger partial charge in [0.2, 0.25) is 5.91 Å². The number of hydrogen-bond donors (Lipinski definition) is 0. The number of anilines is 1. The number of methoxy groups -OCH3 is 2. The number of likely N-dealkylation sites (N-methyl/N-ethyl adjacent to an activating group) is 1. The molecule has 6 heteroatoms. The molecule has 2 amide bonds. The molecule has 1 spiro atoms. The molecule has 1 unspecified atom stereocenters. The topological polar surface area (TPSA) is 59.1 Å². The SMILES string of the molecule is COc1ccc(C(=O)N2CCC3(C2)C(=O)N(C)c2ccccc23)c(OC)c1. The molecule has 2 aromatic rings. The zero-order chi connectivity index (χ0) is 19.2. The van der Waals surface area contributed by atoms with Crippen LogP contribution in [0.3, 0.4) is 0 Å². The van der Waals surface area contributed by atoms with Crippen LogP contribution >= 0.6 is 0 Å². The van der Waals surface area contributed by atoms with E-state index in [9.17, 15) is 9.59 Å². The Kier molecular flexibility index (Phi) is 4.06. The maximum Gasteiger partial charge on any atom is 0.257 e. The molecule has 1 saturated heterocycles. The molecule has 6 nitrogen and oxygen atoms in total. The molecule has 140 valence electrons. The summed E-state index contributed by atoms with van der Waals surface area (Å²) in [6.07, 6.45) is 0.622. The van der Waals surface area contributed by atoms with Crippen molar-refractivity contribution in [3.05, 3.63) is 53.6 Å². The summed E-state index contributed by atoms with van der Waals surface area (Å²) in [6.45, 7) is 0.906. The van der Waals surface area contributed by atoms with Crippen LogP contribution in [0.25, 0.3) is 0 Å². The van der Waals surface area contributed by atoms with Crippen LogP contribution < -0.4 is 14.4 Å². The van der Waals surface area contributed by atoms with Crippen molar-refractivity contribution >= 4 is 17.5 Å². The normalized spacial score (nSPS) is 20.9. The average molecular weight is 366 g/mol. The molecular weight excluding hydrogens is 344 g/mol. The zero-order valence-corrected chi connectivity index (χ0v) is 15.7. The van der Waals surface area contributed by atoms with Gasteiger partial charge in [-0.05, 0) is 30.2 Å². The molecular formula is C21H22N2O4. The molecule has 1 atom stereocenters. The first-order chi connectivity index (χ1) is 13.0. The first-order valence-electron chi connectivity index (χ1n) is 8.91. The second kappa shape index (κ2) is 6.30. The zero-order valence-electron chi connectivity index (χ0n) is 15.7. The fourth-order valence-electron chi connectivity index (χ4n) is 4.24. The van der Waals surface area contributed by atoms with Crippen molar-refractivity contribution < 1.29 is 19.1 Å². The summed E-state index contributed by atoms with van der Waals surface area (Å²) in [6, 6.07) is 13.0. The molecule has 2 aromatic carbocycles. The predicted octanol–water partition coefficient (Wildman–Crippen LogP) is 2.46. The van der Waals surface area contributed by atoms with Gasteiger partial charge in [-0.15, -0.1) is 0 Å². The highest BCUT2D eigenvalue weighted by Crippen LogP contribution is 2.47. The molecule has 27 heavy (non-hydrogen) atoms. The number of nitrogens with zero attached hydrogens (tertiary/aromatic N) is 2. The van der Waals surface area contributed by atoms with Crippen LogP contribution in [-0.4, -0.2) is 51.1 Å². The van der Waals surface area contributed by atoms with Gasteiger partial charge in [-0.1, -0.05) is 18.2 Å². The Balaban J connectivity index is 1.66. The number of rotatable bonds is 3. The summed E-state index contributed by atoms with van der Waals surface area (Å²) < 4.78 is 10.6. The van der Waals surface area contributed by atoms with E-state index in [-0.39, 0.29) is 11.8 Å². The van der Waals surface area contributed by atoms with Gasteiger partial charge in [-0.2, -0.15) is 0 Å². The fraction of sp³-hybridized carbons (Fsp3) is 0.333.